The molecule has 0 radical (unpaired) electrons. The lowest BCUT2D eigenvalue weighted by molar-refractivity contribution is 0.515. The standard InChI is InChI=1S/C18H32/c1-7-13-16(11-5)18(15(9-3)10-4)17(12-6)14-8-2/h7-8,14,16-17H,1,9-13H2,2-6H3. The van der Waals surface area contributed by atoms with E-state index in [0.717, 1.165) is 6.42 Å². The first-order valence-corrected chi connectivity index (χ1v) is 7.65. The Balaban J connectivity index is 5.51. The Hall–Kier alpha value is -0.780. The molecule has 0 aromatic heterocycles. The molecule has 0 N–H and O–H groups in total. The molecule has 2 atom stereocenters. The van der Waals surface area contributed by atoms with E-state index in [0.29, 0.717) is 11.8 Å². The minimum absolute atomic E-state index is 0.620. The summed E-state index contributed by atoms with van der Waals surface area (Å²) in [5, 5.41) is 0. The van der Waals surface area contributed by atoms with Crippen LogP contribution in [-0.2, 0) is 0 Å². The zero-order valence-corrected chi connectivity index (χ0v) is 13.1. The van der Waals surface area contributed by atoms with Gasteiger partial charge >= 0.3 is 0 Å². The molecule has 0 saturated heterocycles. The van der Waals surface area contributed by atoms with Gasteiger partial charge in [0.1, 0.15) is 0 Å². The summed E-state index contributed by atoms with van der Waals surface area (Å²) in [5.41, 5.74) is 3.36. The van der Waals surface area contributed by atoms with Crippen LogP contribution in [-0.4, -0.2) is 0 Å². The van der Waals surface area contributed by atoms with Gasteiger partial charge in [-0.05, 0) is 50.9 Å². The van der Waals surface area contributed by atoms with Gasteiger partial charge in [0.15, 0.2) is 0 Å². The second kappa shape index (κ2) is 10.2. The van der Waals surface area contributed by atoms with Crippen molar-refractivity contribution in [1.29, 1.82) is 0 Å². The monoisotopic (exact) mass is 248 g/mol. The van der Waals surface area contributed by atoms with E-state index in [9.17, 15) is 0 Å². The maximum absolute atomic E-state index is 3.93. The summed E-state index contributed by atoms with van der Waals surface area (Å²) in [6.07, 6.45) is 12.6. The number of hydrogen-bond donors (Lipinski definition) is 0. The molecule has 0 aromatic carbocycles. The summed E-state index contributed by atoms with van der Waals surface area (Å²) >= 11 is 0. The summed E-state index contributed by atoms with van der Waals surface area (Å²) in [6.45, 7) is 15.3. The molecule has 0 saturated carbocycles. The van der Waals surface area contributed by atoms with Gasteiger partial charge in [-0.3, -0.25) is 0 Å². The maximum atomic E-state index is 3.93. The van der Waals surface area contributed by atoms with Gasteiger partial charge in [-0.25, -0.2) is 0 Å². The topological polar surface area (TPSA) is 0 Å². The van der Waals surface area contributed by atoms with E-state index in [4.69, 9.17) is 0 Å². The van der Waals surface area contributed by atoms with Gasteiger partial charge in [-0.15, -0.1) is 6.58 Å². The van der Waals surface area contributed by atoms with Crippen molar-refractivity contribution in [2.24, 2.45) is 11.8 Å². The lowest BCUT2D eigenvalue weighted by Gasteiger charge is -2.27. The highest BCUT2D eigenvalue weighted by Crippen LogP contribution is 2.34. The Bertz CT molecular complexity index is 274. The molecule has 0 nitrogen and oxygen atoms in total. The van der Waals surface area contributed by atoms with Crippen LogP contribution < -0.4 is 0 Å². The Kier molecular flexibility index (Phi) is 9.73. The van der Waals surface area contributed by atoms with E-state index in [1.807, 2.05) is 0 Å². The number of hydrogen-bond acceptors (Lipinski definition) is 0. The largest absolute Gasteiger partial charge is 0.103 e. The van der Waals surface area contributed by atoms with E-state index in [-0.39, 0.29) is 0 Å². The highest BCUT2D eigenvalue weighted by molar-refractivity contribution is 5.24. The van der Waals surface area contributed by atoms with Crippen LogP contribution in [0.25, 0.3) is 0 Å². The molecule has 104 valence electrons. The molecular formula is C18H32. The zero-order chi connectivity index (χ0) is 14.0. The van der Waals surface area contributed by atoms with E-state index >= 15 is 0 Å². The fourth-order valence-electron chi connectivity index (χ4n) is 2.92. The second-order valence-electron chi connectivity index (χ2n) is 4.94. The average Bonchev–Trinajstić information content (AvgIpc) is 2.40. The number of rotatable bonds is 9. The van der Waals surface area contributed by atoms with Crippen molar-refractivity contribution in [2.45, 2.75) is 66.7 Å². The van der Waals surface area contributed by atoms with Gasteiger partial charge in [0.05, 0.1) is 0 Å². The molecule has 0 heterocycles. The molecule has 0 spiro atoms. The van der Waals surface area contributed by atoms with Crippen LogP contribution in [0.4, 0.5) is 0 Å². The molecule has 18 heavy (non-hydrogen) atoms. The molecular weight excluding hydrogens is 216 g/mol. The summed E-state index contributed by atoms with van der Waals surface area (Å²) in [4.78, 5) is 0. The normalized spacial score (nSPS) is 14.5. The third-order valence-corrected chi connectivity index (χ3v) is 3.91. The molecule has 0 rings (SSSR count). The lowest BCUT2D eigenvalue weighted by Crippen LogP contribution is -2.13. The van der Waals surface area contributed by atoms with Crippen LogP contribution in [0.3, 0.4) is 0 Å². The van der Waals surface area contributed by atoms with Gasteiger partial charge in [-0.1, -0.05) is 57.1 Å². The third-order valence-electron chi connectivity index (χ3n) is 3.91. The SMILES string of the molecule is C=CCC(CC)C(=C(CC)CC)C(C=CC)CC. The van der Waals surface area contributed by atoms with Crippen LogP contribution >= 0.6 is 0 Å². The molecule has 0 bridgehead atoms. The Morgan fingerprint density at radius 1 is 1.06 bits per heavy atom. The summed E-state index contributed by atoms with van der Waals surface area (Å²) < 4.78 is 0. The second-order valence-corrected chi connectivity index (χ2v) is 4.94. The van der Waals surface area contributed by atoms with Crippen molar-refractivity contribution in [1.82, 2.24) is 0 Å². The third kappa shape index (κ3) is 4.84. The van der Waals surface area contributed by atoms with E-state index in [1.54, 1.807) is 11.1 Å². The minimum Gasteiger partial charge on any atom is -0.103 e. The van der Waals surface area contributed by atoms with Gasteiger partial charge < -0.3 is 0 Å². The van der Waals surface area contributed by atoms with Crippen molar-refractivity contribution in [3.05, 3.63) is 36.0 Å². The van der Waals surface area contributed by atoms with E-state index in [2.05, 4.69) is 59.4 Å². The summed E-state index contributed by atoms with van der Waals surface area (Å²) in [7, 11) is 0. The molecule has 0 amide bonds. The van der Waals surface area contributed by atoms with E-state index in [1.165, 1.54) is 25.7 Å². The predicted octanol–water partition coefficient (Wildman–Crippen LogP) is 6.31. The molecule has 0 aliphatic heterocycles. The smallest absolute Gasteiger partial charge is 0.00204 e. The predicted molar refractivity (Wildman–Crippen MR) is 84.8 cm³/mol. The van der Waals surface area contributed by atoms with Crippen molar-refractivity contribution in [2.75, 3.05) is 0 Å². The first kappa shape index (κ1) is 17.2. The van der Waals surface area contributed by atoms with Crippen LogP contribution in [0.1, 0.15) is 66.7 Å². The van der Waals surface area contributed by atoms with Crippen LogP contribution in [0.2, 0.25) is 0 Å². The summed E-state index contributed by atoms with van der Waals surface area (Å²) in [6, 6.07) is 0. The molecule has 2 unspecified atom stereocenters. The average molecular weight is 248 g/mol. The Morgan fingerprint density at radius 2 is 1.67 bits per heavy atom. The molecule has 0 aliphatic rings. The Labute approximate surface area is 115 Å². The van der Waals surface area contributed by atoms with Gasteiger partial charge in [-0.2, -0.15) is 0 Å². The van der Waals surface area contributed by atoms with Crippen LogP contribution in [0.5, 0.6) is 0 Å². The van der Waals surface area contributed by atoms with Crippen molar-refractivity contribution in [3.63, 3.8) is 0 Å². The Morgan fingerprint density at radius 3 is 2.00 bits per heavy atom. The molecule has 0 aromatic rings. The fraction of sp³-hybridized carbons (Fsp3) is 0.667. The quantitative estimate of drug-likeness (QED) is 0.419. The fourth-order valence-corrected chi connectivity index (χ4v) is 2.92. The maximum Gasteiger partial charge on any atom is -0.00204 e. The van der Waals surface area contributed by atoms with Crippen molar-refractivity contribution >= 4 is 0 Å². The van der Waals surface area contributed by atoms with Crippen molar-refractivity contribution < 1.29 is 0 Å². The van der Waals surface area contributed by atoms with Gasteiger partial charge in [0.25, 0.3) is 0 Å². The first-order chi connectivity index (χ1) is 8.69. The molecule has 0 aliphatic carbocycles. The molecule has 0 fully saturated rings. The summed E-state index contributed by atoms with van der Waals surface area (Å²) in [5.74, 6) is 1.30. The first-order valence-electron chi connectivity index (χ1n) is 7.65. The zero-order valence-electron chi connectivity index (χ0n) is 13.1. The highest BCUT2D eigenvalue weighted by atomic mass is 14.3. The van der Waals surface area contributed by atoms with Crippen molar-refractivity contribution in [3.8, 4) is 0 Å². The van der Waals surface area contributed by atoms with Gasteiger partial charge in [0, 0.05) is 0 Å². The highest BCUT2D eigenvalue weighted by Gasteiger charge is 2.20. The van der Waals surface area contributed by atoms with Crippen LogP contribution in [0, 0.1) is 11.8 Å². The van der Waals surface area contributed by atoms with Gasteiger partial charge in [0.2, 0.25) is 0 Å². The van der Waals surface area contributed by atoms with E-state index < -0.39 is 0 Å². The minimum atomic E-state index is 0.620. The van der Waals surface area contributed by atoms with Crippen LogP contribution in [0.15, 0.2) is 36.0 Å². The lowest BCUT2D eigenvalue weighted by atomic mass is 9.78. The number of allylic oxidation sites excluding steroid dienone is 5. The molecule has 0 heteroatoms.